The molecule has 2 aliphatic rings. The first kappa shape index (κ1) is 34.8. The van der Waals surface area contributed by atoms with Crippen LogP contribution in [0.5, 0.6) is 17.2 Å². The molecule has 0 N–H and O–H groups in total. The molecule has 2 aliphatic heterocycles. The van der Waals surface area contributed by atoms with Crippen molar-refractivity contribution < 1.29 is 45.4 Å². The molecule has 1 unspecified atom stereocenters. The number of amides is 2. The van der Waals surface area contributed by atoms with Crippen LogP contribution in [0, 0.1) is 0 Å². The van der Waals surface area contributed by atoms with Gasteiger partial charge < -0.3 is 24.0 Å². The van der Waals surface area contributed by atoms with Crippen molar-refractivity contribution in [2.75, 3.05) is 49.6 Å². The van der Waals surface area contributed by atoms with Crippen LogP contribution in [-0.4, -0.2) is 76.9 Å². The first-order valence-corrected chi connectivity index (χ1v) is 17.0. The smallest absolute Gasteiger partial charge is 0.497 e. The van der Waals surface area contributed by atoms with E-state index < -0.39 is 50.7 Å². The number of hydrogen-bond acceptors (Lipinski definition) is 9. The number of benzene rings is 3. The van der Waals surface area contributed by atoms with E-state index in [-0.39, 0.29) is 33.3 Å². The zero-order valence-corrected chi connectivity index (χ0v) is 28.3. The zero-order chi connectivity index (χ0) is 35.8. The standard InChI is InChI=1S/C34H30ClF3N4O7S/c1-47-24-8-10-30(29(20-24)49-34(36,37)38)50(45,46)42-27-9-7-22(35)19-26(27)33(32(42)44,25-5-3-4-6-28(25)48-2)21-31(43)41-17-15-40(16-18-41)23-11-13-39-14-12-23/h3-14,19-20H,15-18,21H2,1-2H3. The lowest BCUT2D eigenvalue weighted by Gasteiger charge is -2.38. The summed E-state index contributed by atoms with van der Waals surface area (Å²) in [5.74, 6) is -2.64. The second kappa shape index (κ2) is 13.4. The van der Waals surface area contributed by atoms with Crippen LogP contribution < -0.4 is 23.4 Å². The van der Waals surface area contributed by atoms with Crippen LogP contribution in [0.1, 0.15) is 17.5 Å². The van der Waals surface area contributed by atoms with Crippen LogP contribution >= 0.6 is 11.6 Å². The Labute approximate surface area is 290 Å². The van der Waals surface area contributed by atoms with Gasteiger partial charge in [-0.2, -0.15) is 0 Å². The molecule has 0 bridgehead atoms. The lowest BCUT2D eigenvalue weighted by molar-refractivity contribution is -0.275. The molecular weight excluding hydrogens is 701 g/mol. The number of piperazine rings is 1. The molecule has 3 aromatic carbocycles. The van der Waals surface area contributed by atoms with Gasteiger partial charge in [-0.1, -0.05) is 29.8 Å². The number of nitrogens with zero attached hydrogens (tertiary/aromatic N) is 4. The average molecular weight is 731 g/mol. The average Bonchev–Trinajstić information content (AvgIpc) is 3.35. The summed E-state index contributed by atoms with van der Waals surface area (Å²) in [6.45, 7) is 1.55. The highest BCUT2D eigenvalue weighted by atomic mass is 35.5. The number of sulfonamides is 1. The Morgan fingerprint density at radius 3 is 2.26 bits per heavy atom. The highest BCUT2D eigenvalue weighted by molar-refractivity contribution is 7.93. The van der Waals surface area contributed by atoms with Gasteiger partial charge in [-0.25, -0.2) is 12.7 Å². The molecule has 262 valence electrons. The minimum atomic E-state index is -5.29. The molecule has 3 heterocycles. The molecule has 11 nitrogen and oxygen atoms in total. The molecule has 2 amide bonds. The molecule has 50 heavy (non-hydrogen) atoms. The quantitative estimate of drug-likeness (QED) is 0.223. The molecule has 4 aromatic rings. The van der Waals surface area contributed by atoms with E-state index in [1.165, 1.54) is 38.5 Å². The zero-order valence-electron chi connectivity index (χ0n) is 26.7. The number of fused-ring (bicyclic) bond motifs is 1. The lowest BCUT2D eigenvalue weighted by Crippen LogP contribution is -2.52. The minimum Gasteiger partial charge on any atom is -0.497 e. The third kappa shape index (κ3) is 6.26. The van der Waals surface area contributed by atoms with Gasteiger partial charge in [-0.3, -0.25) is 14.6 Å². The van der Waals surface area contributed by atoms with Crippen molar-refractivity contribution in [1.82, 2.24) is 9.88 Å². The van der Waals surface area contributed by atoms with Crippen molar-refractivity contribution in [2.45, 2.75) is 23.1 Å². The normalized spacial score (nSPS) is 17.8. The number of hydrogen-bond donors (Lipinski definition) is 0. The van der Waals surface area contributed by atoms with Gasteiger partial charge in [0.2, 0.25) is 5.91 Å². The van der Waals surface area contributed by atoms with E-state index >= 15 is 4.79 Å². The molecule has 0 spiro atoms. The van der Waals surface area contributed by atoms with E-state index in [9.17, 15) is 26.4 Å². The number of aromatic nitrogens is 1. The largest absolute Gasteiger partial charge is 0.573 e. The van der Waals surface area contributed by atoms with E-state index in [0.717, 1.165) is 23.9 Å². The van der Waals surface area contributed by atoms with Crippen molar-refractivity contribution >= 4 is 44.8 Å². The number of carbonyl (C=O) groups is 2. The Balaban J connectivity index is 1.47. The molecule has 0 radical (unpaired) electrons. The van der Waals surface area contributed by atoms with Gasteiger partial charge in [-0.15, -0.1) is 13.2 Å². The van der Waals surface area contributed by atoms with Crippen molar-refractivity contribution in [3.05, 3.63) is 101 Å². The van der Waals surface area contributed by atoms with Crippen LogP contribution in [0.15, 0.2) is 90.1 Å². The maximum Gasteiger partial charge on any atom is 0.573 e. The highest BCUT2D eigenvalue weighted by Crippen LogP contribution is 2.54. The second-order valence-corrected chi connectivity index (χ2v) is 13.6. The van der Waals surface area contributed by atoms with Crippen molar-refractivity contribution in [1.29, 1.82) is 0 Å². The van der Waals surface area contributed by atoms with Gasteiger partial charge in [0, 0.05) is 67.3 Å². The summed E-state index contributed by atoms with van der Waals surface area (Å²) >= 11 is 6.45. The third-order valence-electron chi connectivity index (χ3n) is 8.72. The number of pyridine rings is 1. The van der Waals surface area contributed by atoms with Crippen LogP contribution in [0.4, 0.5) is 24.5 Å². The van der Waals surface area contributed by atoms with Crippen LogP contribution in [0.25, 0.3) is 0 Å². The lowest BCUT2D eigenvalue weighted by atomic mass is 9.72. The van der Waals surface area contributed by atoms with Crippen LogP contribution in [0.2, 0.25) is 5.02 Å². The Morgan fingerprint density at radius 2 is 1.60 bits per heavy atom. The fraction of sp³-hybridized carbons (Fsp3) is 0.265. The SMILES string of the molecule is COc1ccc(S(=O)(=O)N2C(=O)C(CC(=O)N3CCN(c4ccncc4)CC3)(c3ccccc3OC)c3cc(Cl)ccc32)c(OC(F)(F)F)c1. The molecule has 0 saturated carbocycles. The Morgan fingerprint density at radius 1 is 0.900 bits per heavy atom. The molecular formula is C34H30ClF3N4O7S. The molecule has 1 atom stereocenters. The number of alkyl halides is 3. The Kier molecular flexibility index (Phi) is 9.31. The topological polar surface area (TPSA) is 119 Å². The fourth-order valence-electron chi connectivity index (χ4n) is 6.43. The molecule has 16 heteroatoms. The number of rotatable bonds is 9. The molecule has 1 saturated heterocycles. The number of halogens is 4. The van der Waals surface area contributed by atoms with Crippen molar-refractivity contribution in [3.8, 4) is 17.2 Å². The van der Waals surface area contributed by atoms with Crippen LogP contribution in [0.3, 0.4) is 0 Å². The van der Waals surface area contributed by atoms with Gasteiger partial charge in [0.15, 0.2) is 5.75 Å². The maximum atomic E-state index is 15.0. The molecule has 1 fully saturated rings. The number of carbonyl (C=O) groups excluding carboxylic acids is 2. The monoisotopic (exact) mass is 730 g/mol. The summed E-state index contributed by atoms with van der Waals surface area (Å²) in [6, 6.07) is 16.8. The van der Waals surface area contributed by atoms with Gasteiger partial charge >= 0.3 is 6.36 Å². The van der Waals surface area contributed by atoms with E-state index in [1.54, 1.807) is 35.5 Å². The first-order chi connectivity index (χ1) is 23.8. The predicted octanol–water partition coefficient (Wildman–Crippen LogP) is 5.41. The number of methoxy groups -OCH3 is 2. The number of anilines is 2. The fourth-order valence-corrected chi connectivity index (χ4v) is 8.18. The summed E-state index contributed by atoms with van der Waals surface area (Å²) < 4.78 is 84.7. The van der Waals surface area contributed by atoms with Gasteiger partial charge in [0.05, 0.1) is 19.9 Å². The first-order valence-electron chi connectivity index (χ1n) is 15.2. The molecule has 0 aliphatic carbocycles. The Hall–Kier alpha value is -5.02. The Bertz CT molecular complexity index is 2040. The van der Waals surface area contributed by atoms with Gasteiger partial charge in [0.25, 0.3) is 15.9 Å². The van der Waals surface area contributed by atoms with Crippen molar-refractivity contribution in [3.63, 3.8) is 0 Å². The summed E-state index contributed by atoms with van der Waals surface area (Å²) in [5, 5.41) is 0.124. The predicted molar refractivity (Wildman–Crippen MR) is 177 cm³/mol. The number of para-hydroxylation sites is 1. The highest BCUT2D eigenvalue weighted by Gasteiger charge is 2.59. The van der Waals surface area contributed by atoms with Crippen molar-refractivity contribution in [2.24, 2.45) is 0 Å². The number of ether oxygens (including phenoxy) is 3. The van der Waals surface area contributed by atoms with E-state index in [2.05, 4.69) is 14.6 Å². The van der Waals surface area contributed by atoms with Gasteiger partial charge in [0.1, 0.15) is 21.8 Å². The van der Waals surface area contributed by atoms with E-state index in [0.29, 0.717) is 30.5 Å². The van der Waals surface area contributed by atoms with Crippen LogP contribution in [-0.2, 0) is 25.0 Å². The van der Waals surface area contributed by atoms with E-state index in [1.807, 2.05) is 12.1 Å². The van der Waals surface area contributed by atoms with E-state index in [4.69, 9.17) is 21.1 Å². The molecule has 6 rings (SSSR count). The van der Waals surface area contributed by atoms with Gasteiger partial charge in [-0.05, 0) is 54.1 Å². The third-order valence-corrected chi connectivity index (χ3v) is 10.7. The summed E-state index contributed by atoms with van der Waals surface area (Å²) in [5.41, 5.74) is -1.08. The second-order valence-electron chi connectivity index (χ2n) is 11.5. The summed E-state index contributed by atoms with van der Waals surface area (Å²) in [4.78, 5) is 36.1. The molecule has 1 aromatic heterocycles. The summed E-state index contributed by atoms with van der Waals surface area (Å²) in [7, 11) is -2.61. The minimum absolute atomic E-state index is 0.0543. The summed E-state index contributed by atoms with van der Waals surface area (Å²) in [6.07, 6.45) is -2.49. The maximum absolute atomic E-state index is 15.0.